The summed E-state index contributed by atoms with van der Waals surface area (Å²) in [5.74, 6) is 0. The lowest BCUT2D eigenvalue weighted by molar-refractivity contribution is 0.142. The van der Waals surface area contributed by atoms with Crippen molar-refractivity contribution in [3.05, 3.63) is 0 Å². The molecule has 6 nitrogen and oxygen atoms in total. The molecule has 0 aromatic carbocycles. The fourth-order valence-corrected chi connectivity index (χ4v) is 1.91. The number of tetrazole rings is 1. The van der Waals surface area contributed by atoms with E-state index < -0.39 is 0 Å². The number of ether oxygens (including phenoxy) is 1. The summed E-state index contributed by atoms with van der Waals surface area (Å²) >= 11 is 0. The molecule has 1 aliphatic carbocycles. The zero-order valence-electron chi connectivity index (χ0n) is 8.96. The summed E-state index contributed by atoms with van der Waals surface area (Å²) in [6.45, 7) is 0. The first kappa shape index (κ1) is 10.4. The Bertz CT molecular complexity index is 313. The summed E-state index contributed by atoms with van der Waals surface area (Å²) in [5, 5.41) is 11.1. The maximum Gasteiger partial charge on any atom is 0.335 e. The number of rotatable bonds is 2. The smallest absolute Gasteiger partial charge is 0.335 e. The van der Waals surface area contributed by atoms with E-state index in [9.17, 15) is 0 Å². The maximum atomic E-state index is 6.04. The topological polar surface area (TPSA) is 78.8 Å². The number of hydrogen-bond donors (Lipinski definition) is 1. The third-order valence-electron chi connectivity index (χ3n) is 2.84. The van der Waals surface area contributed by atoms with Crippen molar-refractivity contribution in [1.29, 1.82) is 0 Å². The second-order valence-corrected chi connectivity index (χ2v) is 4.04. The fraction of sp³-hybridized carbons (Fsp3) is 0.889. The summed E-state index contributed by atoms with van der Waals surface area (Å²) in [6, 6.07) is 0.557. The third kappa shape index (κ3) is 2.44. The van der Waals surface area contributed by atoms with Gasteiger partial charge in [-0.2, -0.15) is 4.68 Å². The average Bonchev–Trinajstić information content (AvgIpc) is 2.50. The van der Waals surface area contributed by atoms with E-state index in [4.69, 9.17) is 10.5 Å². The van der Waals surface area contributed by atoms with Gasteiger partial charge in [-0.3, -0.25) is 0 Å². The maximum absolute atomic E-state index is 6.04. The van der Waals surface area contributed by atoms with Crippen LogP contribution in [-0.2, 0) is 7.05 Å². The van der Waals surface area contributed by atoms with E-state index in [0.29, 0.717) is 6.01 Å². The SMILES string of the molecule is Cn1nnnc1OC1CCCCCC1N. The van der Waals surface area contributed by atoms with Crippen LogP contribution >= 0.6 is 0 Å². The van der Waals surface area contributed by atoms with Gasteiger partial charge in [0.05, 0.1) is 0 Å². The Morgan fingerprint density at radius 3 is 2.87 bits per heavy atom. The zero-order valence-corrected chi connectivity index (χ0v) is 8.96. The van der Waals surface area contributed by atoms with Crippen LogP contribution in [0.15, 0.2) is 0 Å². The first-order valence-corrected chi connectivity index (χ1v) is 5.42. The van der Waals surface area contributed by atoms with Crippen molar-refractivity contribution in [3.8, 4) is 6.01 Å². The van der Waals surface area contributed by atoms with Gasteiger partial charge in [0.1, 0.15) is 6.10 Å². The van der Waals surface area contributed by atoms with E-state index in [0.717, 1.165) is 12.8 Å². The van der Waals surface area contributed by atoms with Crippen molar-refractivity contribution in [2.45, 2.75) is 44.2 Å². The molecule has 1 aromatic heterocycles. The lowest BCUT2D eigenvalue weighted by Crippen LogP contribution is -2.38. The summed E-state index contributed by atoms with van der Waals surface area (Å²) in [4.78, 5) is 0. The summed E-state index contributed by atoms with van der Waals surface area (Å²) in [5.41, 5.74) is 6.04. The van der Waals surface area contributed by atoms with Gasteiger partial charge in [-0.1, -0.05) is 17.9 Å². The van der Waals surface area contributed by atoms with Crippen LogP contribution in [0.4, 0.5) is 0 Å². The van der Waals surface area contributed by atoms with Gasteiger partial charge in [0.25, 0.3) is 0 Å². The van der Waals surface area contributed by atoms with Crippen LogP contribution < -0.4 is 10.5 Å². The molecule has 0 aliphatic heterocycles. The number of nitrogens with zero attached hydrogens (tertiary/aromatic N) is 4. The average molecular weight is 211 g/mol. The quantitative estimate of drug-likeness (QED) is 0.709. The molecular weight excluding hydrogens is 194 g/mol. The van der Waals surface area contributed by atoms with Gasteiger partial charge in [0, 0.05) is 13.1 Å². The Morgan fingerprint density at radius 1 is 1.33 bits per heavy atom. The predicted molar refractivity (Wildman–Crippen MR) is 54.3 cm³/mol. The van der Waals surface area contributed by atoms with Gasteiger partial charge in [-0.05, 0) is 29.7 Å². The van der Waals surface area contributed by atoms with Gasteiger partial charge in [0.2, 0.25) is 0 Å². The highest BCUT2D eigenvalue weighted by molar-refractivity contribution is 4.90. The van der Waals surface area contributed by atoms with E-state index in [1.165, 1.54) is 23.9 Å². The molecule has 1 aliphatic rings. The Labute approximate surface area is 88.8 Å². The van der Waals surface area contributed by atoms with Crippen molar-refractivity contribution in [1.82, 2.24) is 20.2 Å². The third-order valence-corrected chi connectivity index (χ3v) is 2.84. The fourth-order valence-electron chi connectivity index (χ4n) is 1.91. The monoisotopic (exact) mass is 211 g/mol. The van der Waals surface area contributed by atoms with Crippen molar-refractivity contribution < 1.29 is 4.74 Å². The number of aromatic nitrogens is 4. The summed E-state index contributed by atoms with van der Waals surface area (Å²) < 4.78 is 7.25. The van der Waals surface area contributed by atoms with Crippen LogP contribution in [0.25, 0.3) is 0 Å². The van der Waals surface area contributed by atoms with Gasteiger partial charge >= 0.3 is 6.01 Å². The van der Waals surface area contributed by atoms with Gasteiger partial charge in [-0.25, -0.2) is 0 Å². The normalized spacial score (nSPS) is 27.3. The number of aryl methyl sites for hydroxylation is 1. The molecule has 0 saturated heterocycles. The molecule has 84 valence electrons. The van der Waals surface area contributed by atoms with Crippen LogP contribution in [0.2, 0.25) is 0 Å². The molecule has 0 spiro atoms. The molecule has 1 saturated carbocycles. The Hall–Kier alpha value is -1.17. The zero-order chi connectivity index (χ0) is 10.7. The number of hydrogen-bond acceptors (Lipinski definition) is 5. The molecule has 0 radical (unpaired) electrons. The molecule has 6 heteroatoms. The molecule has 2 N–H and O–H groups in total. The standard InChI is InChI=1S/C9H17N5O/c1-14-9(11-12-13-14)15-8-6-4-2-3-5-7(8)10/h7-8H,2-6,10H2,1H3. The van der Waals surface area contributed by atoms with Gasteiger partial charge in [-0.15, -0.1) is 0 Å². The van der Waals surface area contributed by atoms with Crippen LogP contribution in [0, 0.1) is 0 Å². The predicted octanol–water partition coefficient (Wildman–Crippen LogP) is 0.249. The molecule has 0 bridgehead atoms. The minimum atomic E-state index is 0.0530. The van der Waals surface area contributed by atoms with E-state index in [1.54, 1.807) is 7.05 Å². The Kier molecular flexibility index (Phi) is 3.15. The highest BCUT2D eigenvalue weighted by Gasteiger charge is 2.23. The first-order valence-electron chi connectivity index (χ1n) is 5.42. The largest absolute Gasteiger partial charge is 0.458 e. The van der Waals surface area contributed by atoms with Gasteiger partial charge in [0.15, 0.2) is 0 Å². The van der Waals surface area contributed by atoms with E-state index in [-0.39, 0.29) is 12.1 Å². The lowest BCUT2D eigenvalue weighted by Gasteiger charge is -2.21. The van der Waals surface area contributed by atoms with Crippen molar-refractivity contribution >= 4 is 0 Å². The molecule has 1 heterocycles. The molecule has 15 heavy (non-hydrogen) atoms. The van der Waals surface area contributed by atoms with E-state index in [2.05, 4.69) is 15.5 Å². The van der Waals surface area contributed by atoms with Crippen molar-refractivity contribution in [2.75, 3.05) is 0 Å². The van der Waals surface area contributed by atoms with E-state index in [1.807, 2.05) is 0 Å². The highest BCUT2D eigenvalue weighted by Crippen LogP contribution is 2.20. The number of nitrogens with two attached hydrogens (primary N) is 1. The Morgan fingerprint density at radius 2 is 2.13 bits per heavy atom. The summed E-state index contributed by atoms with van der Waals surface area (Å²) in [6.07, 6.45) is 5.67. The van der Waals surface area contributed by atoms with Crippen LogP contribution in [0.5, 0.6) is 6.01 Å². The lowest BCUT2D eigenvalue weighted by atomic mass is 10.1. The Balaban J connectivity index is 2.00. The van der Waals surface area contributed by atoms with Crippen molar-refractivity contribution in [2.24, 2.45) is 12.8 Å². The van der Waals surface area contributed by atoms with Gasteiger partial charge < -0.3 is 10.5 Å². The molecule has 1 aromatic rings. The molecular formula is C9H17N5O. The first-order chi connectivity index (χ1) is 7.27. The highest BCUT2D eigenvalue weighted by atomic mass is 16.5. The molecule has 2 unspecified atom stereocenters. The van der Waals surface area contributed by atoms with Crippen LogP contribution in [-0.4, -0.2) is 32.4 Å². The van der Waals surface area contributed by atoms with Crippen LogP contribution in [0.1, 0.15) is 32.1 Å². The molecule has 2 atom stereocenters. The molecule has 0 amide bonds. The van der Waals surface area contributed by atoms with Crippen molar-refractivity contribution in [3.63, 3.8) is 0 Å². The molecule has 1 fully saturated rings. The minimum absolute atomic E-state index is 0.0530. The second kappa shape index (κ2) is 4.57. The molecule has 2 rings (SSSR count). The second-order valence-electron chi connectivity index (χ2n) is 4.04. The summed E-state index contributed by atoms with van der Waals surface area (Å²) in [7, 11) is 1.76. The van der Waals surface area contributed by atoms with E-state index >= 15 is 0 Å². The van der Waals surface area contributed by atoms with Crippen LogP contribution in [0.3, 0.4) is 0 Å². The minimum Gasteiger partial charge on any atom is -0.458 e.